The van der Waals surface area contributed by atoms with Gasteiger partial charge in [-0.3, -0.25) is 0 Å². The average molecular weight is 264 g/mol. The predicted octanol–water partition coefficient (Wildman–Crippen LogP) is 3.67. The zero-order valence-corrected chi connectivity index (χ0v) is 11.4. The molecule has 0 aliphatic heterocycles. The van der Waals surface area contributed by atoms with Crippen LogP contribution in [-0.2, 0) is 13.7 Å². The van der Waals surface area contributed by atoms with Crippen molar-refractivity contribution < 1.29 is 4.74 Å². The first-order valence-electron chi connectivity index (χ1n) is 6.56. The van der Waals surface area contributed by atoms with Gasteiger partial charge in [0.25, 0.3) is 0 Å². The second kappa shape index (κ2) is 5.61. The van der Waals surface area contributed by atoms with Crippen molar-refractivity contribution in [2.24, 2.45) is 7.05 Å². The van der Waals surface area contributed by atoms with E-state index in [1.54, 1.807) is 6.33 Å². The fourth-order valence-electron chi connectivity index (χ4n) is 2.08. The molecule has 0 aliphatic rings. The van der Waals surface area contributed by atoms with Gasteiger partial charge >= 0.3 is 0 Å². The summed E-state index contributed by atoms with van der Waals surface area (Å²) in [5.74, 6) is 0.868. The lowest BCUT2D eigenvalue weighted by Crippen LogP contribution is -2.01. The number of hydrogen-bond donors (Lipinski definition) is 0. The van der Waals surface area contributed by atoms with Crippen LogP contribution in [0.3, 0.4) is 0 Å². The number of ether oxygens (including phenoxy) is 1. The number of aryl methyl sites for hydroxylation is 1. The van der Waals surface area contributed by atoms with Crippen LogP contribution in [0.5, 0.6) is 5.75 Å². The molecule has 20 heavy (non-hydrogen) atoms. The summed E-state index contributed by atoms with van der Waals surface area (Å²) in [7, 11) is 1.96. The SMILES string of the molecule is Cn1cncc1COc1cccc(-c2ccccc2)c1. The Balaban J connectivity index is 1.77. The monoisotopic (exact) mass is 264 g/mol. The van der Waals surface area contributed by atoms with Gasteiger partial charge in [-0.2, -0.15) is 0 Å². The molecule has 0 N–H and O–H groups in total. The number of hydrogen-bond acceptors (Lipinski definition) is 2. The van der Waals surface area contributed by atoms with Crippen molar-refractivity contribution in [1.82, 2.24) is 9.55 Å². The van der Waals surface area contributed by atoms with Gasteiger partial charge < -0.3 is 9.30 Å². The van der Waals surface area contributed by atoms with Gasteiger partial charge in [0, 0.05) is 7.05 Å². The summed E-state index contributed by atoms with van der Waals surface area (Å²) in [6, 6.07) is 18.4. The van der Waals surface area contributed by atoms with E-state index >= 15 is 0 Å². The van der Waals surface area contributed by atoms with E-state index in [0.29, 0.717) is 6.61 Å². The topological polar surface area (TPSA) is 27.1 Å². The Morgan fingerprint density at radius 2 is 1.80 bits per heavy atom. The maximum absolute atomic E-state index is 5.83. The maximum atomic E-state index is 5.83. The van der Waals surface area contributed by atoms with E-state index in [4.69, 9.17) is 4.74 Å². The lowest BCUT2D eigenvalue weighted by molar-refractivity contribution is 0.297. The molecule has 2 aromatic carbocycles. The summed E-state index contributed by atoms with van der Waals surface area (Å²) in [4.78, 5) is 4.08. The highest BCUT2D eigenvalue weighted by molar-refractivity contribution is 5.64. The minimum Gasteiger partial charge on any atom is -0.487 e. The maximum Gasteiger partial charge on any atom is 0.130 e. The Morgan fingerprint density at radius 1 is 1.00 bits per heavy atom. The van der Waals surface area contributed by atoms with E-state index in [1.165, 1.54) is 5.56 Å². The Labute approximate surface area is 118 Å². The van der Waals surface area contributed by atoms with Crippen LogP contribution in [0.25, 0.3) is 11.1 Å². The number of nitrogens with zero attached hydrogens (tertiary/aromatic N) is 2. The lowest BCUT2D eigenvalue weighted by atomic mass is 10.1. The average Bonchev–Trinajstić information content (AvgIpc) is 2.92. The van der Waals surface area contributed by atoms with Crippen LogP contribution in [0.4, 0.5) is 0 Å². The molecule has 1 heterocycles. The van der Waals surface area contributed by atoms with Crippen LogP contribution >= 0.6 is 0 Å². The summed E-state index contributed by atoms with van der Waals surface area (Å²) in [5.41, 5.74) is 3.40. The predicted molar refractivity (Wildman–Crippen MR) is 79.4 cm³/mol. The van der Waals surface area contributed by atoms with Crippen LogP contribution in [-0.4, -0.2) is 9.55 Å². The molecule has 0 saturated carbocycles. The first-order valence-corrected chi connectivity index (χ1v) is 6.56. The normalized spacial score (nSPS) is 10.4. The second-order valence-electron chi connectivity index (χ2n) is 4.68. The molecule has 0 spiro atoms. The summed E-state index contributed by atoms with van der Waals surface area (Å²) < 4.78 is 7.79. The molecule has 1 aromatic heterocycles. The summed E-state index contributed by atoms with van der Waals surface area (Å²) in [6.07, 6.45) is 3.60. The van der Waals surface area contributed by atoms with Crippen molar-refractivity contribution in [2.75, 3.05) is 0 Å². The van der Waals surface area contributed by atoms with Crippen LogP contribution in [0.15, 0.2) is 67.1 Å². The van der Waals surface area contributed by atoms with Crippen molar-refractivity contribution in [3.8, 4) is 16.9 Å². The summed E-state index contributed by atoms with van der Waals surface area (Å²) in [6.45, 7) is 0.523. The molecule has 3 rings (SSSR count). The van der Waals surface area contributed by atoms with Gasteiger partial charge in [-0.25, -0.2) is 4.98 Å². The van der Waals surface area contributed by atoms with Crippen molar-refractivity contribution >= 4 is 0 Å². The lowest BCUT2D eigenvalue weighted by Gasteiger charge is -2.08. The van der Waals surface area contributed by atoms with Crippen molar-refractivity contribution in [3.63, 3.8) is 0 Å². The smallest absolute Gasteiger partial charge is 0.130 e. The summed E-state index contributed by atoms with van der Waals surface area (Å²) in [5, 5.41) is 0. The van der Waals surface area contributed by atoms with E-state index in [1.807, 2.05) is 48.1 Å². The van der Waals surface area contributed by atoms with Gasteiger partial charge in [-0.1, -0.05) is 42.5 Å². The number of rotatable bonds is 4. The van der Waals surface area contributed by atoms with Crippen molar-refractivity contribution in [3.05, 3.63) is 72.8 Å². The molecule has 0 amide bonds. The van der Waals surface area contributed by atoms with Gasteiger partial charge in [0.2, 0.25) is 0 Å². The van der Waals surface area contributed by atoms with Crippen LogP contribution < -0.4 is 4.74 Å². The van der Waals surface area contributed by atoms with Crippen LogP contribution in [0.1, 0.15) is 5.69 Å². The van der Waals surface area contributed by atoms with Crippen LogP contribution in [0.2, 0.25) is 0 Å². The number of imidazole rings is 1. The molecule has 0 saturated heterocycles. The molecule has 0 radical (unpaired) electrons. The molecular weight excluding hydrogens is 248 g/mol. The van der Waals surface area contributed by atoms with Crippen molar-refractivity contribution in [1.29, 1.82) is 0 Å². The standard InChI is InChI=1S/C17H16N2O/c1-19-13-18-11-16(19)12-20-17-9-5-8-15(10-17)14-6-3-2-4-7-14/h2-11,13H,12H2,1H3. The third-order valence-corrected chi connectivity index (χ3v) is 3.24. The largest absolute Gasteiger partial charge is 0.487 e. The van der Waals surface area contributed by atoms with E-state index in [2.05, 4.69) is 29.2 Å². The second-order valence-corrected chi connectivity index (χ2v) is 4.68. The quantitative estimate of drug-likeness (QED) is 0.719. The van der Waals surface area contributed by atoms with E-state index < -0.39 is 0 Å². The Kier molecular flexibility index (Phi) is 3.50. The molecule has 3 heteroatoms. The van der Waals surface area contributed by atoms with Gasteiger partial charge in [0.1, 0.15) is 12.4 Å². The van der Waals surface area contributed by atoms with E-state index in [9.17, 15) is 0 Å². The molecule has 0 atom stereocenters. The fraction of sp³-hybridized carbons (Fsp3) is 0.118. The Morgan fingerprint density at radius 3 is 2.55 bits per heavy atom. The van der Waals surface area contributed by atoms with E-state index in [0.717, 1.165) is 17.0 Å². The molecule has 0 unspecified atom stereocenters. The molecule has 100 valence electrons. The Bertz CT molecular complexity index is 689. The number of benzene rings is 2. The molecule has 0 bridgehead atoms. The molecule has 3 aromatic rings. The third kappa shape index (κ3) is 2.72. The van der Waals surface area contributed by atoms with Gasteiger partial charge in [-0.15, -0.1) is 0 Å². The third-order valence-electron chi connectivity index (χ3n) is 3.24. The molecule has 3 nitrogen and oxygen atoms in total. The van der Waals surface area contributed by atoms with Gasteiger partial charge in [0.05, 0.1) is 18.2 Å². The zero-order chi connectivity index (χ0) is 13.8. The molecule has 0 aliphatic carbocycles. The molecule has 0 fully saturated rings. The van der Waals surface area contributed by atoms with E-state index in [-0.39, 0.29) is 0 Å². The van der Waals surface area contributed by atoms with Crippen molar-refractivity contribution in [2.45, 2.75) is 6.61 Å². The fourth-order valence-corrected chi connectivity index (χ4v) is 2.08. The van der Waals surface area contributed by atoms with Gasteiger partial charge in [-0.05, 0) is 23.3 Å². The highest BCUT2D eigenvalue weighted by Gasteiger charge is 2.02. The zero-order valence-electron chi connectivity index (χ0n) is 11.4. The Hall–Kier alpha value is -2.55. The molecular formula is C17H16N2O. The minimum atomic E-state index is 0.523. The first kappa shape index (κ1) is 12.5. The van der Waals surface area contributed by atoms with Gasteiger partial charge in [0.15, 0.2) is 0 Å². The first-order chi connectivity index (χ1) is 9.83. The highest BCUT2D eigenvalue weighted by atomic mass is 16.5. The highest BCUT2D eigenvalue weighted by Crippen LogP contribution is 2.24. The minimum absolute atomic E-state index is 0.523. The number of aromatic nitrogens is 2. The van der Waals surface area contributed by atoms with Crippen LogP contribution in [0, 0.1) is 0 Å². The summed E-state index contributed by atoms with van der Waals surface area (Å²) >= 11 is 0.